The third-order valence-electron chi connectivity index (χ3n) is 3.78. The first kappa shape index (κ1) is 17.2. The lowest BCUT2D eigenvalue weighted by atomic mass is 10.1. The van der Waals surface area contributed by atoms with Crippen LogP contribution in [0.25, 0.3) is 0 Å². The zero-order valence-corrected chi connectivity index (χ0v) is 13.6. The van der Waals surface area contributed by atoms with Gasteiger partial charge in [0.2, 0.25) is 0 Å². The first-order valence-electron chi connectivity index (χ1n) is 7.87. The van der Waals surface area contributed by atoms with Gasteiger partial charge in [-0.25, -0.2) is 4.39 Å². The Bertz CT molecular complexity index is 640. The van der Waals surface area contributed by atoms with Gasteiger partial charge in [-0.2, -0.15) is 0 Å². The molecule has 1 atom stereocenters. The zero-order chi connectivity index (χ0) is 16.7. The number of carbonyl (C=O) groups is 1. The van der Waals surface area contributed by atoms with Crippen LogP contribution in [-0.4, -0.2) is 25.5 Å². The van der Waals surface area contributed by atoms with Gasteiger partial charge in [-0.15, -0.1) is 0 Å². The molecule has 122 valence electrons. The number of halogens is 1. The maximum Gasteiger partial charge on any atom is 0.251 e. The van der Waals surface area contributed by atoms with Crippen molar-refractivity contribution >= 4 is 5.91 Å². The summed E-state index contributed by atoms with van der Waals surface area (Å²) in [5.74, 6) is -0.269. The Labute approximate surface area is 136 Å². The first-order chi connectivity index (χ1) is 11.1. The third kappa shape index (κ3) is 5.49. The van der Waals surface area contributed by atoms with Gasteiger partial charge in [0, 0.05) is 18.7 Å². The van der Waals surface area contributed by atoms with E-state index < -0.39 is 0 Å². The van der Waals surface area contributed by atoms with E-state index in [0.717, 1.165) is 30.5 Å². The van der Waals surface area contributed by atoms with E-state index >= 15 is 0 Å². The van der Waals surface area contributed by atoms with Crippen LogP contribution in [0.2, 0.25) is 0 Å². The van der Waals surface area contributed by atoms with Crippen LogP contribution in [0.3, 0.4) is 0 Å². The second kappa shape index (κ2) is 8.44. The molecule has 2 aromatic rings. The number of hydrogen-bond acceptors (Lipinski definition) is 2. The van der Waals surface area contributed by atoms with E-state index in [4.69, 9.17) is 0 Å². The maximum atomic E-state index is 12.9. The molecule has 0 unspecified atom stereocenters. The second-order valence-corrected chi connectivity index (χ2v) is 5.72. The number of amides is 1. The van der Waals surface area contributed by atoms with E-state index in [1.165, 1.54) is 12.1 Å². The van der Waals surface area contributed by atoms with Crippen LogP contribution in [0.4, 0.5) is 4.39 Å². The minimum absolute atomic E-state index is 0.0653. The van der Waals surface area contributed by atoms with Crippen molar-refractivity contribution in [3.8, 4) is 0 Å². The lowest BCUT2D eigenvalue weighted by Crippen LogP contribution is -2.30. The summed E-state index contributed by atoms with van der Waals surface area (Å²) in [6.07, 6.45) is 1.72. The molecule has 1 amide bonds. The van der Waals surface area contributed by atoms with Crippen molar-refractivity contribution in [2.75, 3.05) is 13.6 Å². The van der Waals surface area contributed by atoms with Crippen molar-refractivity contribution in [1.82, 2.24) is 10.6 Å². The molecule has 2 N–H and O–H groups in total. The molecular formula is C19H23FN2O. The summed E-state index contributed by atoms with van der Waals surface area (Å²) in [5, 5.41) is 6.10. The first-order valence-corrected chi connectivity index (χ1v) is 7.87. The van der Waals surface area contributed by atoms with Gasteiger partial charge in [-0.1, -0.05) is 24.3 Å². The second-order valence-electron chi connectivity index (χ2n) is 5.72. The molecule has 0 heterocycles. The molecular weight excluding hydrogens is 291 g/mol. The summed E-state index contributed by atoms with van der Waals surface area (Å²) < 4.78 is 12.9. The summed E-state index contributed by atoms with van der Waals surface area (Å²) in [7, 11) is 1.63. The predicted molar refractivity (Wildman–Crippen MR) is 91.1 cm³/mol. The minimum atomic E-state index is -0.203. The van der Waals surface area contributed by atoms with Gasteiger partial charge < -0.3 is 10.6 Å². The fourth-order valence-electron chi connectivity index (χ4n) is 2.52. The summed E-state index contributed by atoms with van der Waals surface area (Å²) in [6, 6.07) is 14.6. The van der Waals surface area contributed by atoms with Gasteiger partial charge >= 0.3 is 0 Å². The van der Waals surface area contributed by atoms with E-state index in [1.807, 2.05) is 36.4 Å². The Kier molecular flexibility index (Phi) is 6.29. The number of rotatable bonds is 7. The largest absolute Gasteiger partial charge is 0.355 e. The Hall–Kier alpha value is -2.20. The van der Waals surface area contributed by atoms with Crippen LogP contribution in [-0.2, 0) is 12.8 Å². The van der Waals surface area contributed by atoms with Gasteiger partial charge in [0.05, 0.1) is 0 Å². The lowest BCUT2D eigenvalue weighted by Gasteiger charge is -2.14. The molecule has 0 spiro atoms. The van der Waals surface area contributed by atoms with Crippen molar-refractivity contribution in [1.29, 1.82) is 0 Å². The van der Waals surface area contributed by atoms with Crippen molar-refractivity contribution < 1.29 is 9.18 Å². The molecule has 4 heteroatoms. The summed E-state index contributed by atoms with van der Waals surface area (Å²) >= 11 is 0. The molecule has 0 fully saturated rings. The summed E-state index contributed by atoms with van der Waals surface area (Å²) in [5.41, 5.74) is 2.94. The number of benzene rings is 2. The Morgan fingerprint density at radius 3 is 2.57 bits per heavy atom. The van der Waals surface area contributed by atoms with E-state index in [1.54, 1.807) is 7.05 Å². The van der Waals surface area contributed by atoms with Gasteiger partial charge in [0.15, 0.2) is 0 Å². The third-order valence-corrected chi connectivity index (χ3v) is 3.78. The molecule has 2 aromatic carbocycles. The van der Waals surface area contributed by atoms with E-state index in [9.17, 15) is 9.18 Å². The molecule has 0 aliphatic heterocycles. The average Bonchev–Trinajstić information content (AvgIpc) is 2.56. The van der Waals surface area contributed by atoms with Gasteiger partial charge in [0.1, 0.15) is 5.82 Å². The summed E-state index contributed by atoms with van der Waals surface area (Å²) in [6.45, 7) is 2.95. The van der Waals surface area contributed by atoms with Crippen LogP contribution >= 0.6 is 0 Å². The topological polar surface area (TPSA) is 41.1 Å². The fourth-order valence-corrected chi connectivity index (χ4v) is 2.52. The molecule has 23 heavy (non-hydrogen) atoms. The molecule has 0 saturated carbocycles. The summed E-state index contributed by atoms with van der Waals surface area (Å²) in [4.78, 5) is 11.6. The van der Waals surface area contributed by atoms with Crippen LogP contribution in [0.5, 0.6) is 0 Å². The highest BCUT2D eigenvalue weighted by molar-refractivity contribution is 5.94. The molecule has 3 nitrogen and oxygen atoms in total. The van der Waals surface area contributed by atoms with Crippen molar-refractivity contribution in [2.45, 2.75) is 25.8 Å². The highest BCUT2D eigenvalue weighted by Crippen LogP contribution is 2.07. The van der Waals surface area contributed by atoms with Crippen LogP contribution in [0.1, 0.15) is 28.4 Å². The highest BCUT2D eigenvalue weighted by atomic mass is 19.1. The van der Waals surface area contributed by atoms with Gasteiger partial charge in [-0.05, 0) is 61.7 Å². The minimum Gasteiger partial charge on any atom is -0.355 e. The zero-order valence-electron chi connectivity index (χ0n) is 13.6. The fraction of sp³-hybridized carbons (Fsp3) is 0.316. The molecule has 0 aliphatic carbocycles. The molecule has 0 aliphatic rings. The van der Waals surface area contributed by atoms with Crippen molar-refractivity contribution in [3.05, 3.63) is 71.0 Å². The number of hydrogen-bond donors (Lipinski definition) is 2. The standard InChI is InChI=1S/C19H23FN2O/c1-14(12-16-6-8-18(20)9-7-16)22-11-10-15-4-3-5-17(13-15)19(23)21-2/h3-9,13-14,22H,10-12H2,1-2H3,(H,21,23)/t14-/m1/s1. The predicted octanol–water partition coefficient (Wildman–Crippen LogP) is 2.95. The molecule has 0 bridgehead atoms. The van der Waals surface area contributed by atoms with Crippen molar-refractivity contribution in [2.24, 2.45) is 0 Å². The van der Waals surface area contributed by atoms with Gasteiger partial charge in [-0.3, -0.25) is 4.79 Å². The van der Waals surface area contributed by atoms with Crippen LogP contribution in [0, 0.1) is 5.82 Å². The average molecular weight is 314 g/mol. The van der Waals surface area contributed by atoms with E-state index in [0.29, 0.717) is 11.6 Å². The maximum absolute atomic E-state index is 12.9. The Morgan fingerprint density at radius 2 is 1.87 bits per heavy atom. The highest BCUT2D eigenvalue weighted by Gasteiger charge is 2.05. The quantitative estimate of drug-likeness (QED) is 0.825. The molecule has 0 saturated heterocycles. The molecule has 2 rings (SSSR count). The van der Waals surface area contributed by atoms with Crippen LogP contribution in [0.15, 0.2) is 48.5 Å². The molecule has 0 aromatic heterocycles. The van der Waals surface area contributed by atoms with Gasteiger partial charge in [0.25, 0.3) is 5.91 Å². The smallest absolute Gasteiger partial charge is 0.251 e. The molecule has 0 radical (unpaired) electrons. The Morgan fingerprint density at radius 1 is 1.13 bits per heavy atom. The Balaban J connectivity index is 1.80. The van der Waals surface area contributed by atoms with E-state index in [2.05, 4.69) is 17.6 Å². The van der Waals surface area contributed by atoms with Crippen molar-refractivity contribution in [3.63, 3.8) is 0 Å². The number of nitrogens with one attached hydrogen (secondary N) is 2. The SMILES string of the molecule is CNC(=O)c1cccc(CCN[C@H](C)Cc2ccc(F)cc2)c1. The number of carbonyl (C=O) groups excluding carboxylic acids is 1. The van der Waals surface area contributed by atoms with E-state index in [-0.39, 0.29) is 11.7 Å². The monoisotopic (exact) mass is 314 g/mol. The normalized spacial score (nSPS) is 12.0. The van der Waals surface area contributed by atoms with Crippen LogP contribution < -0.4 is 10.6 Å². The lowest BCUT2D eigenvalue weighted by molar-refractivity contribution is 0.0963.